The Labute approximate surface area is 117 Å². The minimum absolute atomic E-state index is 0.192. The molecule has 1 aromatic heterocycles. The second-order valence-corrected chi connectivity index (χ2v) is 5.99. The Morgan fingerprint density at radius 3 is 2.85 bits per heavy atom. The fourth-order valence-corrected chi connectivity index (χ4v) is 3.07. The molecular formula is C13H14N4O2S. The lowest BCUT2D eigenvalue weighted by Crippen LogP contribution is -2.28. The molecule has 0 bridgehead atoms. The van der Waals surface area contributed by atoms with Gasteiger partial charge in [-0.3, -0.25) is 4.68 Å². The molecule has 0 aliphatic carbocycles. The van der Waals surface area contributed by atoms with Gasteiger partial charge in [-0.25, -0.2) is 13.1 Å². The van der Waals surface area contributed by atoms with Crippen LogP contribution in [0.2, 0.25) is 0 Å². The first-order valence-electron chi connectivity index (χ1n) is 6.01. The van der Waals surface area contributed by atoms with Crippen molar-refractivity contribution in [2.45, 2.75) is 18.4 Å². The third-order valence-corrected chi connectivity index (χ3v) is 4.41. The number of benzene rings is 1. The van der Waals surface area contributed by atoms with E-state index in [1.165, 1.54) is 12.1 Å². The van der Waals surface area contributed by atoms with E-state index in [0.29, 0.717) is 17.7 Å². The number of nitriles is 1. The molecule has 0 aliphatic rings. The van der Waals surface area contributed by atoms with Gasteiger partial charge in [-0.2, -0.15) is 10.4 Å². The van der Waals surface area contributed by atoms with Crippen LogP contribution in [-0.4, -0.2) is 24.7 Å². The average molecular weight is 290 g/mol. The molecular weight excluding hydrogens is 276 g/mol. The Morgan fingerprint density at radius 1 is 1.45 bits per heavy atom. The molecule has 0 atom stereocenters. The fraction of sp³-hybridized carbons (Fsp3) is 0.231. The first kappa shape index (κ1) is 14.2. The van der Waals surface area contributed by atoms with Crippen molar-refractivity contribution in [3.8, 4) is 6.07 Å². The van der Waals surface area contributed by atoms with E-state index in [-0.39, 0.29) is 11.4 Å². The van der Waals surface area contributed by atoms with Crippen molar-refractivity contribution in [1.82, 2.24) is 14.5 Å². The predicted molar refractivity (Wildman–Crippen MR) is 73.3 cm³/mol. The van der Waals surface area contributed by atoms with E-state index in [0.717, 1.165) is 0 Å². The molecule has 0 amide bonds. The minimum Gasteiger partial charge on any atom is -0.271 e. The van der Waals surface area contributed by atoms with Gasteiger partial charge >= 0.3 is 0 Å². The molecule has 1 aromatic carbocycles. The van der Waals surface area contributed by atoms with Crippen molar-refractivity contribution in [2.24, 2.45) is 0 Å². The maximum absolute atomic E-state index is 12.2. The highest BCUT2D eigenvalue weighted by Crippen LogP contribution is 2.16. The Balaban J connectivity index is 2.08. The van der Waals surface area contributed by atoms with Gasteiger partial charge in [0.1, 0.15) is 0 Å². The molecule has 6 nitrogen and oxygen atoms in total. The Kier molecular flexibility index (Phi) is 4.17. The molecule has 0 spiro atoms. The zero-order chi connectivity index (χ0) is 14.6. The number of aromatic nitrogens is 2. The lowest BCUT2D eigenvalue weighted by Gasteiger charge is -2.09. The summed E-state index contributed by atoms with van der Waals surface area (Å²) in [6.45, 7) is 2.38. The SMILES string of the molecule is Cc1cc(C#N)ccc1S(=O)(=O)NCCn1cccn1. The second-order valence-electron chi connectivity index (χ2n) is 4.26. The van der Waals surface area contributed by atoms with Gasteiger partial charge in [0, 0.05) is 18.9 Å². The molecule has 104 valence electrons. The summed E-state index contributed by atoms with van der Waals surface area (Å²) >= 11 is 0. The fourth-order valence-electron chi connectivity index (χ4n) is 1.83. The zero-order valence-corrected chi connectivity index (χ0v) is 11.8. The van der Waals surface area contributed by atoms with Gasteiger partial charge in [0.15, 0.2) is 0 Å². The minimum atomic E-state index is -3.57. The summed E-state index contributed by atoms with van der Waals surface area (Å²) in [6, 6.07) is 8.26. The highest BCUT2D eigenvalue weighted by molar-refractivity contribution is 7.89. The molecule has 0 radical (unpaired) electrons. The maximum atomic E-state index is 12.2. The Hall–Kier alpha value is -2.17. The summed E-state index contributed by atoms with van der Waals surface area (Å²) in [5.41, 5.74) is 0.994. The van der Waals surface area contributed by atoms with Crippen LogP contribution in [0.5, 0.6) is 0 Å². The molecule has 0 unspecified atom stereocenters. The molecule has 0 aliphatic heterocycles. The van der Waals surface area contributed by atoms with Crippen LogP contribution in [0, 0.1) is 18.3 Å². The van der Waals surface area contributed by atoms with Crippen molar-refractivity contribution in [3.05, 3.63) is 47.8 Å². The van der Waals surface area contributed by atoms with E-state index in [9.17, 15) is 8.42 Å². The van der Waals surface area contributed by atoms with E-state index in [1.807, 2.05) is 6.07 Å². The van der Waals surface area contributed by atoms with Crippen LogP contribution in [-0.2, 0) is 16.6 Å². The van der Waals surface area contributed by atoms with Crippen molar-refractivity contribution >= 4 is 10.0 Å². The molecule has 20 heavy (non-hydrogen) atoms. The van der Waals surface area contributed by atoms with E-state index in [4.69, 9.17) is 5.26 Å². The van der Waals surface area contributed by atoms with Crippen LogP contribution in [0.3, 0.4) is 0 Å². The number of rotatable bonds is 5. The highest BCUT2D eigenvalue weighted by atomic mass is 32.2. The summed E-state index contributed by atoms with van der Waals surface area (Å²) in [5, 5.41) is 12.8. The van der Waals surface area contributed by atoms with Crippen LogP contribution < -0.4 is 4.72 Å². The summed E-state index contributed by atoms with van der Waals surface area (Å²) in [7, 11) is -3.57. The average Bonchev–Trinajstić information content (AvgIpc) is 2.91. The van der Waals surface area contributed by atoms with Gasteiger partial charge in [0.2, 0.25) is 10.0 Å². The van der Waals surface area contributed by atoms with E-state index < -0.39 is 10.0 Å². The first-order valence-corrected chi connectivity index (χ1v) is 7.49. The van der Waals surface area contributed by atoms with E-state index in [2.05, 4.69) is 9.82 Å². The molecule has 2 rings (SSSR count). The molecule has 0 saturated carbocycles. The third kappa shape index (κ3) is 3.23. The number of nitrogens with zero attached hydrogens (tertiary/aromatic N) is 3. The van der Waals surface area contributed by atoms with Crippen LogP contribution in [0.25, 0.3) is 0 Å². The smallest absolute Gasteiger partial charge is 0.240 e. The molecule has 0 fully saturated rings. The van der Waals surface area contributed by atoms with Crippen LogP contribution in [0.15, 0.2) is 41.6 Å². The lowest BCUT2D eigenvalue weighted by molar-refractivity contribution is 0.560. The van der Waals surface area contributed by atoms with Crippen LogP contribution in [0.4, 0.5) is 0 Å². The van der Waals surface area contributed by atoms with Gasteiger partial charge in [-0.15, -0.1) is 0 Å². The summed E-state index contributed by atoms with van der Waals surface area (Å²) in [6.07, 6.45) is 3.40. The molecule has 0 saturated heterocycles. The number of hydrogen-bond acceptors (Lipinski definition) is 4. The number of aryl methyl sites for hydroxylation is 1. The molecule has 7 heteroatoms. The first-order chi connectivity index (χ1) is 9.53. The van der Waals surface area contributed by atoms with Gasteiger partial charge in [-0.05, 0) is 36.8 Å². The maximum Gasteiger partial charge on any atom is 0.240 e. The summed E-state index contributed by atoms with van der Waals surface area (Å²) < 4.78 is 28.5. The quantitative estimate of drug-likeness (QED) is 0.891. The summed E-state index contributed by atoms with van der Waals surface area (Å²) in [5.74, 6) is 0. The second kappa shape index (κ2) is 5.86. The molecule has 2 aromatic rings. The molecule has 1 heterocycles. The lowest BCUT2D eigenvalue weighted by atomic mass is 10.2. The number of sulfonamides is 1. The van der Waals surface area contributed by atoms with Gasteiger partial charge in [0.25, 0.3) is 0 Å². The Morgan fingerprint density at radius 2 is 2.25 bits per heavy atom. The van der Waals surface area contributed by atoms with Gasteiger partial charge < -0.3 is 0 Å². The van der Waals surface area contributed by atoms with Crippen molar-refractivity contribution in [1.29, 1.82) is 5.26 Å². The van der Waals surface area contributed by atoms with E-state index in [1.54, 1.807) is 36.1 Å². The Bertz CT molecular complexity index is 730. The number of hydrogen-bond donors (Lipinski definition) is 1. The van der Waals surface area contributed by atoms with Crippen molar-refractivity contribution in [3.63, 3.8) is 0 Å². The van der Waals surface area contributed by atoms with Crippen molar-refractivity contribution < 1.29 is 8.42 Å². The molecule has 1 N–H and O–H groups in total. The highest BCUT2D eigenvalue weighted by Gasteiger charge is 2.16. The predicted octanol–water partition coefficient (Wildman–Crippen LogP) is 1.04. The van der Waals surface area contributed by atoms with Crippen LogP contribution in [0.1, 0.15) is 11.1 Å². The summed E-state index contributed by atoms with van der Waals surface area (Å²) in [4.78, 5) is 0.192. The van der Waals surface area contributed by atoms with Crippen LogP contribution >= 0.6 is 0 Å². The standard InChI is InChI=1S/C13H14N4O2S/c1-11-9-12(10-14)3-4-13(11)20(18,19)16-6-8-17-7-2-5-15-17/h2-5,7,9,16H,6,8H2,1H3. The van der Waals surface area contributed by atoms with Gasteiger partial charge in [0.05, 0.1) is 23.1 Å². The van der Waals surface area contributed by atoms with Gasteiger partial charge in [-0.1, -0.05) is 0 Å². The zero-order valence-electron chi connectivity index (χ0n) is 10.9. The largest absolute Gasteiger partial charge is 0.271 e. The number of nitrogens with one attached hydrogen (secondary N) is 1. The normalized spacial score (nSPS) is 11.2. The monoisotopic (exact) mass is 290 g/mol. The van der Waals surface area contributed by atoms with Crippen molar-refractivity contribution in [2.75, 3.05) is 6.54 Å². The third-order valence-electron chi connectivity index (χ3n) is 2.79. The van der Waals surface area contributed by atoms with E-state index >= 15 is 0 Å². The topological polar surface area (TPSA) is 87.8 Å².